The number of likely N-dealkylation sites (N-methyl/N-ethyl adjacent to an activating group) is 1. The van der Waals surface area contributed by atoms with Crippen molar-refractivity contribution in [2.45, 2.75) is 0 Å². The minimum Gasteiger partial charge on any atom is -0.349 e. The largest absolute Gasteiger partial charge is 0.349 e. The zero-order valence-electron chi connectivity index (χ0n) is 13.3. The summed E-state index contributed by atoms with van der Waals surface area (Å²) in [6, 6.07) is 6.78. The molecule has 3 rings (SSSR count). The van der Waals surface area contributed by atoms with Crippen LogP contribution in [-0.2, 0) is 0 Å². The molecule has 1 fully saturated rings. The maximum absolute atomic E-state index is 13.6. The van der Waals surface area contributed by atoms with Gasteiger partial charge in [-0.1, -0.05) is 6.07 Å². The van der Waals surface area contributed by atoms with E-state index in [0.717, 1.165) is 13.1 Å². The van der Waals surface area contributed by atoms with Crippen LogP contribution in [0.5, 0.6) is 0 Å². The highest BCUT2D eigenvalue weighted by Crippen LogP contribution is 2.22. The molecule has 1 amide bonds. The van der Waals surface area contributed by atoms with Gasteiger partial charge in [0.15, 0.2) is 0 Å². The Morgan fingerprint density at radius 1 is 1.08 bits per heavy atom. The summed E-state index contributed by atoms with van der Waals surface area (Å²) in [7, 11) is 2.02. The first kappa shape index (κ1) is 16.3. The number of carbonyl (C=O) groups excluding carboxylic acids is 1. The van der Waals surface area contributed by atoms with Crippen LogP contribution in [0, 0.1) is 11.6 Å². The van der Waals surface area contributed by atoms with Crippen LogP contribution < -0.4 is 5.32 Å². The van der Waals surface area contributed by atoms with Gasteiger partial charge < -0.3 is 15.1 Å². The van der Waals surface area contributed by atoms with Gasteiger partial charge in [-0.15, -0.1) is 0 Å². The van der Waals surface area contributed by atoms with E-state index in [2.05, 4.69) is 15.2 Å². The van der Waals surface area contributed by atoms with Gasteiger partial charge in [-0.05, 0) is 31.3 Å². The summed E-state index contributed by atoms with van der Waals surface area (Å²) in [6.07, 6.45) is 1.40. The second-order valence-electron chi connectivity index (χ2n) is 5.75. The van der Waals surface area contributed by atoms with Crippen LogP contribution in [0.25, 0.3) is 0 Å². The van der Waals surface area contributed by atoms with Gasteiger partial charge in [0.2, 0.25) is 0 Å². The molecule has 0 spiro atoms. The van der Waals surface area contributed by atoms with Gasteiger partial charge >= 0.3 is 0 Å². The lowest BCUT2D eigenvalue weighted by atomic mass is 10.2. The Bertz CT molecular complexity index is 708. The number of rotatable bonds is 3. The van der Waals surface area contributed by atoms with E-state index in [4.69, 9.17) is 0 Å². The number of nitrogens with zero attached hydrogens (tertiary/aromatic N) is 3. The highest BCUT2D eigenvalue weighted by molar-refractivity contribution is 5.92. The van der Waals surface area contributed by atoms with Crippen LogP contribution in [0.4, 0.5) is 20.2 Å². The Morgan fingerprint density at radius 3 is 2.33 bits per heavy atom. The van der Waals surface area contributed by atoms with Crippen molar-refractivity contribution in [2.24, 2.45) is 0 Å². The zero-order valence-corrected chi connectivity index (χ0v) is 13.3. The van der Waals surface area contributed by atoms with Crippen molar-refractivity contribution in [2.75, 3.05) is 38.5 Å². The van der Waals surface area contributed by atoms with E-state index in [1.54, 1.807) is 17.0 Å². The van der Waals surface area contributed by atoms with Crippen molar-refractivity contribution in [3.63, 3.8) is 0 Å². The van der Waals surface area contributed by atoms with E-state index in [9.17, 15) is 13.6 Å². The molecule has 1 aromatic heterocycles. The van der Waals surface area contributed by atoms with Gasteiger partial charge in [0, 0.05) is 26.2 Å². The number of nitrogens with one attached hydrogen (secondary N) is 1. The van der Waals surface area contributed by atoms with Crippen molar-refractivity contribution >= 4 is 17.3 Å². The first-order valence-electron chi connectivity index (χ1n) is 7.69. The fraction of sp³-hybridized carbons (Fsp3) is 0.294. The second-order valence-corrected chi connectivity index (χ2v) is 5.75. The first-order chi connectivity index (χ1) is 11.5. The average Bonchev–Trinajstić information content (AvgIpc) is 2.59. The molecule has 1 aliphatic rings. The highest BCUT2D eigenvalue weighted by Gasteiger charge is 2.21. The minimum atomic E-state index is -0.687. The second kappa shape index (κ2) is 6.92. The molecule has 5 nitrogen and oxygen atoms in total. The summed E-state index contributed by atoms with van der Waals surface area (Å²) < 4.78 is 27.3. The molecule has 1 aliphatic heterocycles. The van der Waals surface area contributed by atoms with Gasteiger partial charge in [0.05, 0.1) is 11.9 Å². The summed E-state index contributed by atoms with van der Waals surface area (Å²) in [5.74, 6) is -1.51. The van der Waals surface area contributed by atoms with Gasteiger partial charge in [-0.3, -0.25) is 4.79 Å². The molecule has 2 aromatic rings. The van der Waals surface area contributed by atoms with E-state index in [-0.39, 0.29) is 11.6 Å². The quantitative estimate of drug-likeness (QED) is 0.938. The maximum Gasteiger partial charge on any atom is 0.272 e. The van der Waals surface area contributed by atoms with E-state index in [1.165, 1.54) is 24.4 Å². The first-order valence-corrected chi connectivity index (χ1v) is 7.69. The molecule has 24 heavy (non-hydrogen) atoms. The molecule has 0 unspecified atom stereocenters. The lowest BCUT2D eigenvalue weighted by molar-refractivity contribution is 0.0658. The Kier molecular flexibility index (Phi) is 4.71. The Morgan fingerprint density at radius 2 is 1.75 bits per heavy atom. The Labute approximate surface area is 138 Å². The standard InChI is InChI=1S/C17H18F2N4O/c1-22-7-9-23(10-8-22)17(24)15-6-5-12(11-20-15)21-16-13(18)3-2-4-14(16)19/h2-6,11,21H,7-10H2,1H3. The fourth-order valence-corrected chi connectivity index (χ4v) is 2.53. The smallest absolute Gasteiger partial charge is 0.272 e. The van der Waals surface area contributed by atoms with Crippen LogP contribution in [0.15, 0.2) is 36.5 Å². The normalized spacial score (nSPS) is 15.4. The monoisotopic (exact) mass is 332 g/mol. The number of benzene rings is 1. The van der Waals surface area contributed by atoms with E-state index in [1.807, 2.05) is 7.05 Å². The summed E-state index contributed by atoms with van der Waals surface area (Å²) in [6.45, 7) is 2.99. The van der Waals surface area contributed by atoms with Crippen LogP contribution in [-0.4, -0.2) is 53.9 Å². The van der Waals surface area contributed by atoms with Gasteiger partial charge in [-0.25, -0.2) is 13.8 Å². The van der Waals surface area contributed by atoms with Crippen molar-refractivity contribution in [3.05, 3.63) is 53.9 Å². The predicted octanol–water partition coefficient (Wildman–Crippen LogP) is 2.49. The number of aromatic nitrogens is 1. The number of para-hydroxylation sites is 1. The molecule has 2 heterocycles. The van der Waals surface area contributed by atoms with Crippen LogP contribution in [0.1, 0.15) is 10.5 Å². The Hall–Kier alpha value is -2.54. The summed E-state index contributed by atoms with van der Waals surface area (Å²) in [4.78, 5) is 20.4. The SMILES string of the molecule is CN1CCN(C(=O)c2ccc(Nc3c(F)cccc3F)cn2)CC1. The van der Waals surface area contributed by atoms with E-state index >= 15 is 0 Å². The summed E-state index contributed by atoms with van der Waals surface area (Å²) >= 11 is 0. The van der Waals surface area contributed by atoms with Crippen molar-refractivity contribution in [1.82, 2.24) is 14.8 Å². The van der Waals surface area contributed by atoms with Crippen LogP contribution >= 0.6 is 0 Å². The highest BCUT2D eigenvalue weighted by atomic mass is 19.1. The molecule has 7 heteroatoms. The molecule has 0 radical (unpaired) electrons. The third-order valence-corrected chi connectivity index (χ3v) is 4.01. The van der Waals surface area contributed by atoms with E-state index < -0.39 is 11.6 Å². The number of hydrogen-bond acceptors (Lipinski definition) is 4. The number of piperazine rings is 1. The third kappa shape index (κ3) is 3.51. The maximum atomic E-state index is 13.6. The number of halogens is 2. The van der Waals surface area contributed by atoms with Crippen LogP contribution in [0.2, 0.25) is 0 Å². The molecule has 1 saturated heterocycles. The molecular weight excluding hydrogens is 314 g/mol. The zero-order chi connectivity index (χ0) is 17.1. The fourth-order valence-electron chi connectivity index (χ4n) is 2.53. The number of hydrogen-bond donors (Lipinski definition) is 1. The summed E-state index contributed by atoms with van der Waals surface area (Å²) in [5, 5.41) is 2.65. The number of pyridine rings is 1. The molecule has 1 N–H and O–H groups in total. The lowest BCUT2D eigenvalue weighted by Crippen LogP contribution is -2.47. The topological polar surface area (TPSA) is 48.5 Å². The van der Waals surface area contributed by atoms with Crippen molar-refractivity contribution < 1.29 is 13.6 Å². The summed E-state index contributed by atoms with van der Waals surface area (Å²) in [5.41, 5.74) is 0.491. The molecule has 0 saturated carbocycles. The molecule has 0 atom stereocenters. The number of anilines is 2. The van der Waals surface area contributed by atoms with Crippen LogP contribution in [0.3, 0.4) is 0 Å². The number of carbonyl (C=O) groups is 1. The number of amides is 1. The molecule has 0 aliphatic carbocycles. The molecular formula is C17H18F2N4O. The molecule has 0 bridgehead atoms. The van der Waals surface area contributed by atoms with Crippen molar-refractivity contribution in [3.8, 4) is 0 Å². The molecule has 1 aromatic carbocycles. The van der Waals surface area contributed by atoms with Gasteiger partial charge in [-0.2, -0.15) is 0 Å². The van der Waals surface area contributed by atoms with E-state index in [0.29, 0.717) is 24.5 Å². The predicted molar refractivity (Wildman–Crippen MR) is 87.3 cm³/mol. The van der Waals surface area contributed by atoms with Gasteiger partial charge in [0.25, 0.3) is 5.91 Å². The third-order valence-electron chi connectivity index (χ3n) is 4.01. The van der Waals surface area contributed by atoms with Gasteiger partial charge in [0.1, 0.15) is 23.0 Å². The molecule has 126 valence electrons. The lowest BCUT2D eigenvalue weighted by Gasteiger charge is -2.32. The van der Waals surface area contributed by atoms with Crippen molar-refractivity contribution in [1.29, 1.82) is 0 Å². The average molecular weight is 332 g/mol. The minimum absolute atomic E-state index is 0.133. The Balaban J connectivity index is 1.70.